The Morgan fingerprint density at radius 1 is 1.38 bits per heavy atom. The third-order valence-corrected chi connectivity index (χ3v) is 1.72. The van der Waals surface area contributed by atoms with E-state index >= 15 is 0 Å². The second-order valence-electron chi connectivity index (χ2n) is 2.53. The molecule has 0 aromatic carbocycles. The summed E-state index contributed by atoms with van der Waals surface area (Å²) in [5, 5.41) is 18.5. The molecule has 0 saturated heterocycles. The predicted molar refractivity (Wildman–Crippen MR) is 45.9 cm³/mol. The number of hydrogen-bond acceptors (Lipinski definition) is 4. The Balaban J connectivity index is 2.84. The first-order valence-electron chi connectivity index (χ1n) is 3.65. The van der Waals surface area contributed by atoms with E-state index < -0.39 is 0 Å². The lowest BCUT2D eigenvalue weighted by atomic mass is 10.2. The maximum atomic E-state index is 9.41. The molecule has 4 heteroatoms. The minimum absolute atomic E-state index is 0.115. The van der Waals surface area contributed by atoms with Crippen LogP contribution in [0, 0.1) is 11.3 Å². The van der Waals surface area contributed by atoms with Crippen molar-refractivity contribution in [1.82, 2.24) is 9.97 Å². The van der Waals surface area contributed by atoms with Gasteiger partial charge in [0.1, 0.15) is 17.5 Å². The molecule has 2 rings (SSSR count). The van der Waals surface area contributed by atoms with Gasteiger partial charge in [0.25, 0.3) is 0 Å². The maximum absolute atomic E-state index is 9.41. The van der Waals surface area contributed by atoms with Crippen LogP contribution in [0.5, 0.6) is 5.75 Å². The monoisotopic (exact) mass is 171 g/mol. The van der Waals surface area contributed by atoms with Crippen molar-refractivity contribution < 1.29 is 5.11 Å². The second kappa shape index (κ2) is 2.72. The molecular formula is C9H5N3O. The largest absolute Gasteiger partial charge is 0.507 e. The van der Waals surface area contributed by atoms with E-state index in [1.807, 2.05) is 6.07 Å². The van der Waals surface area contributed by atoms with Crippen molar-refractivity contribution in [2.24, 2.45) is 0 Å². The van der Waals surface area contributed by atoms with Crippen LogP contribution in [0.2, 0.25) is 0 Å². The molecule has 0 atom stereocenters. The number of hydrogen-bond donors (Lipinski definition) is 1. The molecular weight excluding hydrogens is 166 g/mol. The summed E-state index contributed by atoms with van der Waals surface area (Å²) in [6, 6.07) is 4.88. The van der Waals surface area contributed by atoms with Gasteiger partial charge in [0.05, 0.1) is 11.7 Å². The highest BCUT2D eigenvalue weighted by molar-refractivity contribution is 5.84. The molecule has 0 aliphatic heterocycles. The minimum Gasteiger partial charge on any atom is -0.507 e. The Bertz CT molecular complexity index is 502. The van der Waals surface area contributed by atoms with E-state index in [1.165, 1.54) is 24.5 Å². The SMILES string of the molecule is N#Cc1cc2c(O)ccnc2cn1. The number of rotatable bonds is 0. The van der Waals surface area contributed by atoms with Gasteiger partial charge in [0.15, 0.2) is 0 Å². The highest BCUT2D eigenvalue weighted by Crippen LogP contribution is 2.21. The molecule has 13 heavy (non-hydrogen) atoms. The summed E-state index contributed by atoms with van der Waals surface area (Å²) >= 11 is 0. The molecule has 62 valence electrons. The van der Waals surface area contributed by atoms with Gasteiger partial charge in [-0.2, -0.15) is 5.26 Å². The van der Waals surface area contributed by atoms with Crippen LogP contribution < -0.4 is 0 Å². The molecule has 0 amide bonds. The number of fused-ring (bicyclic) bond motifs is 1. The third kappa shape index (κ3) is 1.16. The fourth-order valence-electron chi connectivity index (χ4n) is 1.10. The van der Waals surface area contributed by atoms with Crippen LogP contribution in [0.3, 0.4) is 0 Å². The average molecular weight is 171 g/mol. The number of nitriles is 1. The first-order chi connectivity index (χ1) is 6.31. The Hall–Kier alpha value is -2.15. The van der Waals surface area contributed by atoms with E-state index in [1.54, 1.807) is 0 Å². The highest BCUT2D eigenvalue weighted by atomic mass is 16.3. The van der Waals surface area contributed by atoms with Crippen LogP contribution in [0.15, 0.2) is 24.5 Å². The van der Waals surface area contributed by atoms with E-state index in [9.17, 15) is 5.11 Å². The van der Waals surface area contributed by atoms with Crippen molar-refractivity contribution in [3.05, 3.63) is 30.2 Å². The van der Waals surface area contributed by atoms with Crippen LogP contribution in [0.1, 0.15) is 5.69 Å². The fraction of sp³-hybridized carbons (Fsp3) is 0. The van der Waals surface area contributed by atoms with Gasteiger partial charge in [-0.3, -0.25) is 4.98 Å². The van der Waals surface area contributed by atoms with Gasteiger partial charge in [-0.05, 0) is 12.1 Å². The van der Waals surface area contributed by atoms with Crippen molar-refractivity contribution in [3.63, 3.8) is 0 Å². The smallest absolute Gasteiger partial charge is 0.141 e. The molecule has 2 aromatic heterocycles. The minimum atomic E-state index is 0.115. The molecule has 1 N–H and O–H groups in total. The zero-order chi connectivity index (χ0) is 9.26. The van der Waals surface area contributed by atoms with Crippen molar-refractivity contribution in [1.29, 1.82) is 5.26 Å². The molecule has 0 radical (unpaired) electrons. The number of aromatic hydroxyl groups is 1. The number of aromatic nitrogens is 2. The van der Waals surface area contributed by atoms with E-state index in [4.69, 9.17) is 5.26 Å². The topological polar surface area (TPSA) is 69.8 Å². The van der Waals surface area contributed by atoms with Crippen molar-refractivity contribution in [2.75, 3.05) is 0 Å². The summed E-state index contributed by atoms with van der Waals surface area (Å²) in [5.41, 5.74) is 0.856. The second-order valence-corrected chi connectivity index (χ2v) is 2.53. The van der Waals surface area contributed by atoms with Gasteiger partial charge in [-0.25, -0.2) is 4.98 Å². The Morgan fingerprint density at radius 3 is 3.00 bits per heavy atom. The number of pyridine rings is 2. The van der Waals surface area contributed by atoms with Gasteiger partial charge in [-0.1, -0.05) is 0 Å². The predicted octanol–water partition coefficient (Wildman–Crippen LogP) is 1.21. The summed E-state index contributed by atoms with van der Waals surface area (Å²) in [6.07, 6.45) is 2.96. The molecule has 0 saturated carbocycles. The Morgan fingerprint density at radius 2 is 2.23 bits per heavy atom. The van der Waals surface area contributed by atoms with Crippen LogP contribution >= 0.6 is 0 Å². The summed E-state index contributed by atoms with van der Waals surface area (Å²) < 4.78 is 0. The molecule has 0 fully saturated rings. The van der Waals surface area contributed by atoms with Gasteiger partial charge in [0, 0.05) is 11.6 Å². The first kappa shape index (κ1) is 7.50. The normalized spacial score (nSPS) is 9.77. The quantitative estimate of drug-likeness (QED) is 0.646. The van der Waals surface area contributed by atoms with Crippen LogP contribution in [0.25, 0.3) is 10.9 Å². The molecule has 2 aromatic rings. The molecule has 0 spiro atoms. The highest BCUT2D eigenvalue weighted by Gasteiger charge is 2.01. The molecule has 4 nitrogen and oxygen atoms in total. The van der Waals surface area contributed by atoms with E-state index in [-0.39, 0.29) is 11.4 Å². The van der Waals surface area contributed by atoms with Gasteiger partial charge < -0.3 is 5.11 Å². The van der Waals surface area contributed by atoms with Crippen molar-refractivity contribution in [3.8, 4) is 11.8 Å². The molecule has 2 heterocycles. The van der Waals surface area contributed by atoms with Gasteiger partial charge >= 0.3 is 0 Å². The van der Waals surface area contributed by atoms with E-state index in [2.05, 4.69) is 9.97 Å². The van der Waals surface area contributed by atoms with Crippen LogP contribution in [-0.4, -0.2) is 15.1 Å². The maximum Gasteiger partial charge on any atom is 0.141 e. The van der Waals surface area contributed by atoms with Crippen molar-refractivity contribution >= 4 is 10.9 Å². The van der Waals surface area contributed by atoms with E-state index in [0.717, 1.165) is 0 Å². The van der Waals surface area contributed by atoms with Gasteiger partial charge in [0.2, 0.25) is 0 Å². The zero-order valence-corrected chi connectivity index (χ0v) is 6.60. The van der Waals surface area contributed by atoms with Crippen molar-refractivity contribution in [2.45, 2.75) is 0 Å². The standard InChI is InChI=1S/C9H5N3O/c10-4-6-3-7-8(5-12-6)11-2-1-9(7)13/h1-3,5H,(H,11,13). The molecule has 0 unspecified atom stereocenters. The lowest BCUT2D eigenvalue weighted by Crippen LogP contribution is -1.85. The first-order valence-corrected chi connectivity index (χ1v) is 3.65. The molecule has 0 bridgehead atoms. The lowest BCUT2D eigenvalue weighted by Gasteiger charge is -1.98. The fourth-order valence-corrected chi connectivity index (χ4v) is 1.10. The summed E-state index contributed by atoms with van der Waals surface area (Å²) in [7, 11) is 0. The lowest BCUT2D eigenvalue weighted by molar-refractivity contribution is 0.481. The van der Waals surface area contributed by atoms with Crippen LogP contribution in [-0.2, 0) is 0 Å². The third-order valence-electron chi connectivity index (χ3n) is 1.72. The number of nitrogens with zero attached hydrogens (tertiary/aromatic N) is 3. The van der Waals surface area contributed by atoms with E-state index in [0.29, 0.717) is 10.9 Å². The summed E-state index contributed by atoms with van der Waals surface area (Å²) in [5.74, 6) is 0.115. The summed E-state index contributed by atoms with van der Waals surface area (Å²) in [6.45, 7) is 0. The zero-order valence-electron chi connectivity index (χ0n) is 6.60. The average Bonchev–Trinajstić information content (AvgIpc) is 2.18. The molecule has 0 aliphatic rings. The van der Waals surface area contributed by atoms with Crippen LogP contribution in [0.4, 0.5) is 0 Å². The molecule has 0 aliphatic carbocycles. The Labute approximate surface area is 74.1 Å². The summed E-state index contributed by atoms with van der Waals surface area (Å²) in [4.78, 5) is 7.82. The Kier molecular flexibility index (Phi) is 1.57. The van der Waals surface area contributed by atoms with Gasteiger partial charge in [-0.15, -0.1) is 0 Å².